The topological polar surface area (TPSA) is 59.8 Å². The van der Waals surface area contributed by atoms with Crippen LogP contribution in [0.5, 0.6) is 0 Å². The van der Waals surface area contributed by atoms with Crippen molar-refractivity contribution in [2.45, 2.75) is 6.54 Å². The Kier molecular flexibility index (Phi) is 3.53. The largest absolute Gasteiger partial charge is 0.346 e. The number of pyridine rings is 1. The van der Waals surface area contributed by atoms with Gasteiger partial charge in [-0.3, -0.25) is 14.5 Å². The molecule has 0 saturated carbocycles. The van der Waals surface area contributed by atoms with E-state index in [1.807, 2.05) is 13.2 Å². The van der Waals surface area contributed by atoms with E-state index in [1.165, 1.54) is 6.20 Å². The lowest BCUT2D eigenvalue weighted by Gasteiger charge is -2.02. The second kappa shape index (κ2) is 5.09. The van der Waals surface area contributed by atoms with Gasteiger partial charge in [-0.05, 0) is 28.1 Å². The van der Waals surface area contributed by atoms with Crippen LogP contribution in [-0.2, 0) is 13.6 Å². The molecule has 1 N–H and O–H groups in total. The molecule has 0 bridgehead atoms. The van der Waals surface area contributed by atoms with Crippen LogP contribution < -0.4 is 5.32 Å². The van der Waals surface area contributed by atoms with Crippen LogP contribution in [0.1, 0.15) is 16.1 Å². The Bertz CT molecular complexity index is 524. The highest BCUT2D eigenvalue weighted by Gasteiger charge is 2.08. The molecule has 2 heterocycles. The number of rotatable bonds is 3. The van der Waals surface area contributed by atoms with Gasteiger partial charge in [0, 0.05) is 25.6 Å². The van der Waals surface area contributed by atoms with Gasteiger partial charge >= 0.3 is 0 Å². The molecule has 0 unspecified atom stereocenters. The zero-order valence-corrected chi connectivity index (χ0v) is 10.8. The number of hydrogen-bond acceptors (Lipinski definition) is 3. The number of hydrogen-bond donors (Lipinski definition) is 1. The van der Waals surface area contributed by atoms with E-state index < -0.39 is 0 Å². The molecular formula is C11H11BrN4O. The molecule has 0 saturated heterocycles. The second-order valence-corrected chi connectivity index (χ2v) is 4.38. The smallest absolute Gasteiger partial charge is 0.253 e. The average molecular weight is 295 g/mol. The average Bonchev–Trinajstić information content (AvgIpc) is 2.66. The van der Waals surface area contributed by atoms with Gasteiger partial charge < -0.3 is 5.32 Å². The molecule has 0 aliphatic rings. The minimum Gasteiger partial charge on any atom is -0.346 e. The van der Waals surface area contributed by atoms with Crippen molar-refractivity contribution >= 4 is 21.8 Å². The molecule has 0 atom stereocenters. The van der Waals surface area contributed by atoms with Gasteiger partial charge in [-0.25, -0.2) is 0 Å². The number of carbonyl (C=O) groups excluding carboxylic acids is 1. The first kappa shape index (κ1) is 11.8. The molecule has 0 aromatic carbocycles. The number of halogens is 1. The Morgan fingerprint density at radius 3 is 3.00 bits per heavy atom. The predicted molar refractivity (Wildman–Crippen MR) is 66.3 cm³/mol. The third kappa shape index (κ3) is 2.91. The lowest BCUT2D eigenvalue weighted by Crippen LogP contribution is -2.23. The van der Waals surface area contributed by atoms with E-state index >= 15 is 0 Å². The van der Waals surface area contributed by atoms with Crippen molar-refractivity contribution in [2.75, 3.05) is 0 Å². The van der Waals surface area contributed by atoms with Crippen LogP contribution in [0.4, 0.5) is 0 Å². The van der Waals surface area contributed by atoms with Gasteiger partial charge in [0.05, 0.1) is 22.3 Å². The summed E-state index contributed by atoms with van der Waals surface area (Å²) in [5, 5.41) is 7.00. The summed E-state index contributed by atoms with van der Waals surface area (Å²) < 4.78 is 2.57. The minimum atomic E-state index is -0.157. The lowest BCUT2D eigenvalue weighted by atomic mass is 10.2. The summed E-state index contributed by atoms with van der Waals surface area (Å²) in [6, 6.07) is 3.45. The number of nitrogens with zero attached hydrogens (tertiary/aromatic N) is 3. The maximum absolute atomic E-state index is 11.7. The predicted octanol–water partition coefficient (Wildman–Crippen LogP) is 1.51. The summed E-state index contributed by atoms with van der Waals surface area (Å²) in [5.41, 5.74) is 1.34. The van der Waals surface area contributed by atoms with Crippen LogP contribution >= 0.6 is 15.9 Å². The Morgan fingerprint density at radius 1 is 1.59 bits per heavy atom. The zero-order chi connectivity index (χ0) is 12.3. The second-order valence-electron chi connectivity index (χ2n) is 3.52. The van der Waals surface area contributed by atoms with Crippen LogP contribution in [0.25, 0.3) is 0 Å². The SMILES string of the molecule is Cn1cc(Br)c(CNC(=O)c2cccnc2)n1. The summed E-state index contributed by atoms with van der Waals surface area (Å²) >= 11 is 3.38. The molecule has 0 radical (unpaired) electrons. The van der Waals surface area contributed by atoms with Gasteiger partial charge in [-0.1, -0.05) is 0 Å². The molecule has 2 aromatic rings. The van der Waals surface area contributed by atoms with Crippen molar-refractivity contribution in [1.29, 1.82) is 0 Å². The quantitative estimate of drug-likeness (QED) is 0.933. The molecular weight excluding hydrogens is 284 g/mol. The fraction of sp³-hybridized carbons (Fsp3) is 0.182. The van der Waals surface area contributed by atoms with E-state index in [0.717, 1.165) is 10.2 Å². The standard InChI is InChI=1S/C11H11BrN4O/c1-16-7-9(12)10(15-16)6-14-11(17)8-3-2-4-13-5-8/h2-5,7H,6H2,1H3,(H,14,17). The Hall–Kier alpha value is -1.69. The third-order valence-electron chi connectivity index (χ3n) is 2.19. The van der Waals surface area contributed by atoms with Gasteiger partial charge in [-0.15, -0.1) is 0 Å². The van der Waals surface area contributed by atoms with Crippen molar-refractivity contribution in [3.05, 3.63) is 46.5 Å². The van der Waals surface area contributed by atoms with Gasteiger partial charge in [0.2, 0.25) is 0 Å². The number of aryl methyl sites for hydroxylation is 1. The number of amides is 1. The molecule has 0 fully saturated rings. The Morgan fingerprint density at radius 2 is 2.41 bits per heavy atom. The van der Waals surface area contributed by atoms with Crippen LogP contribution in [-0.4, -0.2) is 20.7 Å². The van der Waals surface area contributed by atoms with E-state index in [-0.39, 0.29) is 5.91 Å². The van der Waals surface area contributed by atoms with Crippen molar-refractivity contribution in [3.8, 4) is 0 Å². The van der Waals surface area contributed by atoms with Crippen molar-refractivity contribution in [2.24, 2.45) is 7.05 Å². The Balaban J connectivity index is 1.99. The van der Waals surface area contributed by atoms with E-state index in [2.05, 4.69) is 31.3 Å². The molecule has 88 valence electrons. The molecule has 5 nitrogen and oxygen atoms in total. The van der Waals surface area contributed by atoms with Crippen LogP contribution in [0, 0.1) is 0 Å². The number of nitrogens with one attached hydrogen (secondary N) is 1. The molecule has 6 heteroatoms. The van der Waals surface area contributed by atoms with Crippen molar-refractivity contribution in [3.63, 3.8) is 0 Å². The third-order valence-corrected chi connectivity index (χ3v) is 2.86. The maximum Gasteiger partial charge on any atom is 0.253 e. The summed E-state index contributed by atoms with van der Waals surface area (Å²) in [4.78, 5) is 15.6. The fourth-order valence-corrected chi connectivity index (χ4v) is 1.90. The van der Waals surface area contributed by atoms with Gasteiger partial charge in [-0.2, -0.15) is 5.10 Å². The van der Waals surface area contributed by atoms with Gasteiger partial charge in [0.15, 0.2) is 0 Å². The molecule has 0 aliphatic carbocycles. The highest BCUT2D eigenvalue weighted by atomic mass is 79.9. The monoisotopic (exact) mass is 294 g/mol. The first-order valence-electron chi connectivity index (χ1n) is 5.03. The highest BCUT2D eigenvalue weighted by Crippen LogP contribution is 2.13. The summed E-state index contributed by atoms with van der Waals surface area (Å²) in [5.74, 6) is -0.157. The van der Waals surface area contributed by atoms with E-state index in [4.69, 9.17) is 0 Å². The van der Waals surface area contributed by atoms with E-state index in [1.54, 1.807) is 23.0 Å². The molecule has 0 aliphatic heterocycles. The molecule has 0 spiro atoms. The van der Waals surface area contributed by atoms with E-state index in [0.29, 0.717) is 12.1 Å². The minimum absolute atomic E-state index is 0.157. The Labute approximate surface area is 107 Å². The molecule has 17 heavy (non-hydrogen) atoms. The highest BCUT2D eigenvalue weighted by molar-refractivity contribution is 9.10. The molecule has 1 amide bonds. The van der Waals surface area contributed by atoms with Crippen LogP contribution in [0.15, 0.2) is 35.2 Å². The summed E-state index contributed by atoms with van der Waals surface area (Å²) in [6.45, 7) is 0.384. The van der Waals surface area contributed by atoms with Crippen molar-refractivity contribution < 1.29 is 4.79 Å². The summed E-state index contributed by atoms with van der Waals surface area (Å²) in [6.07, 6.45) is 5.00. The van der Waals surface area contributed by atoms with Crippen LogP contribution in [0.3, 0.4) is 0 Å². The van der Waals surface area contributed by atoms with Crippen molar-refractivity contribution in [1.82, 2.24) is 20.1 Å². The van der Waals surface area contributed by atoms with Crippen LogP contribution in [0.2, 0.25) is 0 Å². The normalized spacial score (nSPS) is 10.2. The lowest BCUT2D eigenvalue weighted by molar-refractivity contribution is 0.0950. The first-order chi connectivity index (χ1) is 8.16. The molecule has 2 aromatic heterocycles. The van der Waals surface area contributed by atoms with E-state index in [9.17, 15) is 4.79 Å². The zero-order valence-electron chi connectivity index (χ0n) is 9.22. The maximum atomic E-state index is 11.7. The number of aromatic nitrogens is 3. The molecule has 2 rings (SSSR count). The number of carbonyl (C=O) groups is 1. The van der Waals surface area contributed by atoms with Gasteiger partial charge in [0.1, 0.15) is 0 Å². The fourth-order valence-electron chi connectivity index (χ4n) is 1.39. The first-order valence-corrected chi connectivity index (χ1v) is 5.82. The van der Waals surface area contributed by atoms with Gasteiger partial charge in [0.25, 0.3) is 5.91 Å². The summed E-state index contributed by atoms with van der Waals surface area (Å²) in [7, 11) is 1.83.